The molecule has 0 radical (unpaired) electrons. The van der Waals surface area contributed by atoms with Crippen LogP contribution in [-0.2, 0) is 6.42 Å². The van der Waals surface area contributed by atoms with Gasteiger partial charge in [-0.3, -0.25) is 0 Å². The minimum atomic E-state index is 0.112. The smallest absolute Gasteiger partial charge is 0.127 e. The lowest BCUT2D eigenvalue weighted by Crippen LogP contribution is -2.13. The Morgan fingerprint density at radius 2 is 2.36 bits per heavy atom. The van der Waals surface area contributed by atoms with Crippen molar-refractivity contribution in [1.29, 1.82) is 0 Å². The van der Waals surface area contributed by atoms with E-state index >= 15 is 0 Å². The first-order valence-electron chi connectivity index (χ1n) is 4.70. The molecule has 2 nitrogen and oxygen atoms in total. The summed E-state index contributed by atoms with van der Waals surface area (Å²) in [6.45, 7) is 5.90. The van der Waals surface area contributed by atoms with Crippen molar-refractivity contribution >= 4 is 0 Å². The quantitative estimate of drug-likeness (QED) is 0.667. The van der Waals surface area contributed by atoms with E-state index in [0.717, 1.165) is 29.1 Å². The average Bonchev–Trinajstić information content (AvgIpc) is 2.60. The van der Waals surface area contributed by atoms with Gasteiger partial charge in [0, 0.05) is 12.0 Å². The van der Waals surface area contributed by atoms with Gasteiger partial charge in [-0.15, -0.1) is 0 Å². The summed E-state index contributed by atoms with van der Waals surface area (Å²) in [7, 11) is 1.68. The van der Waals surface area contributed by atoms with Gasteiger partial charge in [-0.1, -0.05) is 12.6 Å². The maximum Gasteiger partial charge on any atom is 0.127 e. The van der Waals surface area contributed by atoms with Crippen molar-refractivity contribution in [3.63, 3.8) is 0 Å². The van der Waals surface area contributed by atoms with Gasteiger partial charge in [0.1, 0.15) is 17.6 Å². The predicted octanol–water partition coefficient (Wildman–Crippen LogP) is 2.57. The molecule has 0 spiro atoms. The monoisotopic (exact) mass is 190 g/mol. The molecule has 14 heavy (non-hydrogen) atoms. The summed E-state index contributed by atoms with van der Waals surface area (Å²) < 4.78 is 11.0. The molecule has 1 atom stereocenters. The van der Waals surface area contributed by atoms with Gasteiger partial charge in [0.2, 0.25) is 0 Å². The van der Waals surface area contributed by atoms with E-state index in [2.05, 4.69) is 6.58 Å². The number of fused-ring (bicyclic) bond motifs is 1. The van der Waals surface area contributed by atoms with E-state index in [1.54, 1.807) is 7.11 Å². The molecule has 2 heteroatoms. The molecule has 1 aliphatic rings. The van der Waals surface area contributed by atoms with E-state index in [1.165, 1.54) is 0 Å². The van der Waals surface area contributed by atoms with Crippen LogP contribution in [-0.4, -0.2) is 13.2 Å². The molecule has 0 fully saturated rings. The van der Waals surface area contributed by atoms with Crippen molar-refractivity contribution in [2.45, 2.75) is 19.4 Å². The van der Waals surface area contributed by atoms with E-state index in [4.69, 9.17) is 9.47 Å². The highest BCUT2D eigenvalue weighted by Crippen LogP contribution is 2.37. The number of benzene rings is 1. The largest absolute Gasteiger partial charge is 0.496 e. The lowest BCUT2D eigenvalue weighted by Gasteiger charge is -2.08. The summed E-state index contributed by atoms with van der Waals surface area (Å²) >= 11 is 0. The zero-order valence-electron chi connectivity index (χ0n) is 8.54. The van der Waals surface area contributed by atoms with Crippen molar-refractivity contribution in [3.05, 3.63) is 35.9 Å². The Balaban J connectivity index is 2.34. The minimum Gasteiger partial charge on any atom is -0.496 e. The highest BCUT2D eigenvalue weighted by atomic mass is 16.5. The van der Waals surface area contributed by atoms with E-state index < -0.39 is 0 Å². The Bertz CT molecular complexity index is 369. The zero-order valence-corrected chi connectivity index (χ0v) is 8.54. The first-order chi connectivity index (χ1) is 6.72. The van der Waals surface area contributed by atoms with Crippen LogP contribution in [0.4, 0.5) is 0 Å². The van der Waals surface area contributed by atoms with Gasteiger partial charge in [0.25, 0.3) is 0 Å². The number of hydrogen-bond acceptors (Lipinski definition) is 2. The van der Waals surface area contributed by atoms with Crippen LogP contribution in [0.15, 0.2) is 30.4 Å². The van der Waals surface area contributed by atoms with Crippen molar-refractivity contribution in [1.82, 2.24) is 0 Å². The third kappa shape index (κ3) is 1.37. The van der Waals surface area contributed by atoms with E-state index in [9.17, 15) is 0 Å². The summed E-state index contributed by atoms with van der Waals surface area (Å²) in [4.78, 5) is 0. The molecule has 0 bridgehead atoms. The fraction of sp³-hybridized carbons (Fsp3) is 0.333. The van der Waals surface area contributed by atoms with Crippen LogP contribution >= 0.6 is 0 Å². The molecule has 2 rings (SSSR count). The third-order valence-corrected chi connectivity index (χ3v) is 2.52. The molecule has 0 aliphatic carbocycles. The zero-order chi connectivity index (χ0) is 10.1. The summed E-state index contributed by atoms with van der Waals surface area (Å²) in [6, 6.07) is 5.88. The normalized spacial score (nSPS) is 18.6. The molecule has 0 N–H and O–H groups in total. The van der Waals surface area contributed by atoms with Crippen LogP contribution in [0.25, 0.3) is 0 Å². The van der Waals surface area contributed by atoms with Gasteiger partial charge >= 0.3 is 0 Å². The fourth-order valence-corrected chi connectivity index (χ4v) is 1.70. The minimum absolute atomic E-state index is 0.112. The lowest BCUT2D eigenvalue weighted by molar-refractivity contribution is 0.271. The van der Waals surface area contributed by atoms with Crippen LogP contribution in [0.1, 0.15) is 12.5 Å². The molecule has 0 amide bonds. The second-order valence-corrected chi connectivity index (χ2v) is 3.59. The predicted molar refractivity (Wildman–Crippen MR) is 55.9 cm³/mol. The molecule has 1 aliphatic heterocycles. The molecule has 1 heterocycles. The Kier molecular flexibility index (Phi) is 2.20. The Morgan fingerprint density at radius 1 is 1.57 bits per heavy atom. The van der Waals surface area contributed by atoms with Gasteiger partial charge in [0.15, 0.2) is 0 Å². The summed E-state index contributed by atoms with van der Waals surface area (Å²) in [6.07, 6.45) is 0.982. The maximum absolute atomic E-state index is 5.73. The van der Waals surface area contributed by atoms with Crippen LogP contribution in [0, 0.1) is 0 Å². The summed E-state index contributed by atoms with van der Waals surface area (Å²) in [5, 5.41) is 0. The molecule has 1 unspecified atom stereocenters. The Morgan fingerprint density at radius 3 is 3.00 bits per heavy atom. The van der Waals surface area contributed by atoms with Gasteiger partial charge in [-0.2, -0.15) is 0 Å². The van der Waals surface area contributed by atoms with Crippen LogP contribution in [0.5, 0.6) is 11.5 Å². The molecular weight excluding hydrogens is 176 g/mol. The standard InChI is InChI=1S/C12H14O2/c1-8(2)12-7-9-10(13-3)5-4-6-11(9)14-12/h4-6,12H,1,7H2,2-3H3. The number of rotatable bonds is 2. The number of hydrogen-bond donors (Lipinski definition) is 0. The van der Waals surface area contributed by atoms with Crippen molar-refractivity contribution < 1.29 is 9.47 Å². The molecule has 0 saturated carbocycles. The molecule has 0 saturated heterocycles. The summed E-state index contributed by atoms with van der Waals surface area (Å²) in [5.74, 6) is 1.84. The van der Waals surface area contributed by atoms with Gasteiger partial charge < -0.3 is 9.47 Å². The molecule has 1 aromatic rings. The van der Waals surface area contributed by atoms with Crippen molar-refractivity contribution in [2.75, 3.05) is 7.11 Å². The fourth-order valence-electron chi connectivity index (χ4n) is 1.70. The molecular formula is C12H14O2. The first kappa shape index (κ1) is 9.13. The topological polar surface area (TPSA) is 18.5 Å². The van der Waals surface area contributed by atoms with Gasteiger partial charge in [0.05, 0.1) is 7.11 Å². The van der Waals surface area contributed by atoms with Crippen LogP contribution in [0.2, 0.25) is 0 Å². The van der Waals surface area contributed by atoms with E-state index in [1.807, 2.05) is 25.1 Å². The van der Waals surface area contributed by atoms with E-state index in [0.29, 0.717) is 0 Å². The highest BCUT2D eigenvalue weighted by Gasteiger charge is 2.25. The lowest BCUT2D eigenvalue weighted by atomic mass is 10.1. The second kappa shape index (κ2) is 3.37. The van der Waals surface area contributed by atoms with Crippen LogP contribution < -0.4 is 9.47 Å². The second-order valence-electron chi connectivity index (χ2n) is 3.59. The Labute approximate surface area is 84.2 Å². The number of methoxy groups -OCH3 is 1. The summed E-state index contributed by atoms with van der Waals surface area (Å²) in [5.41, 5.74) is 2.21. The molecule has 1 aromatic carbocycles. The van der Waals surface area contributed by atoms with Crippen LogP contribution in [0.3, 0.4) is 0 Å². The SMILES string of the molecule is C=C(C)C1Cc2c(OC)cccc2O1. The Hall–Kier alpha value is -1.44. The molecule has 74 valence electrons. The number of ether oxygens (including phenoxy) is 2. The van der Waals surface area contributed by atoms with Gasteiger partial charge in [-0.25, -0.2) is 0 Å². The molecule has 0 aromatic heterocycles. The van der Waals surface area contributed by atoms with Crippen molar-refractivity contribution in [2.24, 2.45) is 0 Å². The first-order valence-corrected chi connectivity index (χ1v) is 4.70. The maximum atomic E-state index is 5.73. The highest BCUT2D eigenvalue weighted by molar-refractivity contribution is 5.48. The van der Waals surface area contributed by atoms with Gasteiger partial charge in [-0.05, 0) is 24.6 Å². The van der Waals surface area contributed by atoms with Crippen molar-refractivity contribution in [3.8, 4) is 11.5 Å². The average molecular weight is 190 g/mol. The third-order valence-electron chi connectivity index (χ3n) is 2.52. The van der Waals surface area contributed by atoms with E-state index in [-0.39, 0.29) is 6.10 Å².